The molecule has 0 saturated carbocycles. The lowest BCUT2D eigenvalue weighted by molar-refractivity contribution is 0.0345. The first-order valence-electron chi connectivity index (χ1n) is 7.70. The van der Waals surface area contributed by atoms with Crippen LogP contribution in [0.15, 0.2) is 54.6 Å². The zero-order valence-corrected chi connectivity index (χ0v) is 12.0. The number of hydrogen-bond acceptors (Lipinski definition) is 2. The molecule has 0 amide bonds. The molecule has 1 aliphatic heterocycles. The van der Waals surface area contributed by atoms with Crippen molar-refractivity contribution in [2.45, 2.75) is 25.5 Å². The van der Waals surface area contributed by atoms with Crippen LogP contribution in [0, 0.1) is 0 Å². The Bertz CT molecular complexity index is 721. The van der Waals surface area contributed by atoms with E-state index in [2.05, 4.69) is 59.9 Å². The molecule has 0 aliphatic carbocycles. The van der Waals surface area contributed by atoms with Crippen molar-refractivity contribution in [1.29, 1.82) is 0 Å². The maximum atomic E-state index is 5.87. The fraction of sp³-hybridized carbons (Fsp3) is 0.263. The van der Waals surface area contributed by atoms with Gasteiger partial charge in [0, 0.05) is 17.4 Å². The van der Waals surface area contributed by atoms with Crippen LogP contribution in [-0.4, -0.2) is 12.8 Å². The summed E-state index contributed by atoms with van der Waals surface area (Å²) in [6.07, 6.45) is 3.62. The number of anilines is 1. The average molecular weight is 277 g/mol. The van der Waals surface area contributed by atoms with Crippen LogP contribution >= 0.6 is 0 Å². The summed E-state index contributed by atoms with van der Waals surface area (Å²) in [5.74, 6) is 0. The second-order valence-corrected chi connectivity index (χ2v) is 5.69. The van der Waals surface area contributed by atoms with Gasteiger partial charge in [0.1, 0.15) is 6.23 Å². The van der Waals surface area contributed by atoms with Gasteiger partial charge in [0.25, 0.3) is 0 Å². The smallest absolute Gasteiger partial charge is 0.127 e. The summed E-state index contributed by atoms with van der Waals surface area (Å²) in [6.45, 7) is 0.861. The molecule has 0 bridgehead atoms. The molecule has 106 valence electrons. The Hall–Kier alpha value is -2.06. The number of rotatable bonds is 2. The second-order valence-electron chi connectivity index (χ2n) is 5.69. The van der Waals surface area contributed by atoms with E-state index in [4.69, 9.17) is 4.74 Å². The number of benzene rings is 3. The third kappa shape index (κ3) is 2.36. The first-order valence-corrected chi connectivity index (χ1v) is 7.70. The highest BCUT2D eigenvalue weighted by Crippen LogP contribution is 2.34. The van der Waals surface area contributed by atoms with Crippen LogP contribution in [0.1, 0.15) is 19.3 Å². The zero-order valence-electron chi connectivity index (χ0n) is 12.0. The fourth-order valence-electron chi connectivity index (χ4n) is 3.18. The lowest BCUT2D eigenvalue weighted by atomic mass is 10.0. The predicted molar refractivity (Wildman–Crippen MR) is 88.7 cm³/mol. The Morgan fingerprint density at radius 2 is 1.52 bits per heavy atom. The van der Waals surface area contributed by atoms with Crippen LogP contribution in [0.4, 0.5) is 5.69 Å². The first kappa shape index (κ1) is 12.7. The molecule has 1 unspecified atom stereocenters. The summed E-state index contributed by atoms with van der Waals surface area (Å²) >= 11 is 0. The molecular weight excluding hydrogens is 258 g/mol. The van der Waals surface area contributed by atoms with Gasteiger partial charge in [-0.15, -0.1) is 0 Å². The van der Waals surface area contributed by atoms with Gasteiger partial charge in [-0.25, -0.2) is 0 Å². The predicted octanol–water partition coefficient (Wildman–Crippen LogP) is 4.93. The van der Waals surface area contributed by atoms with Crippen molar-refractivity contribution in [3.63, 3.8) is 0 Å². The van der Waals surface area contributed by atoms with Crippen LogP contribution in [0.25, 0.3) is 21.5 Å². The molecule has 3 aromatic rings. The minimum atomic E-state index is 0.132. The van der Waals surface area contributed by atoms with Crippen molar-refractivity contribution in [1.82, 2.24) is 0 Å². The van der Waals surface area contributed by atoms with E-state index in [0.29, 0.717) is 0 Å². The van der Waals surface area contributed by atoms with Gasteiger partial charge < -0.3 is 10.1 Å². The fourth-order valence-corrected chi connectivity index (χ4v) is 3.18. The molecule has 1 N–H and O–H groups in total. The van der Waals surface area contributed by atoms with E-state index >= 15 is 0 Å². The monoisotopic (exact) mass is 277 g/mol. The second kappa shape index (κ2) is 5.38. The van der Waals surface area contributed by atoms with Crippen molar-refractivity contribution in [2.24, 2.45) is 0 Å². The molecule has 0 aromatic heterocycles. The zero-order chi connectivity index (χ0) is 14.1. The number of nitrogens with one attached hydrogen (secondary N) is 1. The minimum Gasteiger partial charge on any atom is -0.359 e. The molecule has 1 atom stereocenters. The van der Waals surface area contributed by atoms with E-state index in [9.17, 15) is 0 Å². The average Bonchev–Trinajstić information content (AvgIpc) is 2.55. The number of hydrogen-bond donors (Lipinski definition) is 1. The minimum absolute atomic E-state index is 0.132. The van der Waals surface area contributed by atoms with Crippen LogP contribution in [0.3, 0.4) is 0 Å². The van der Waals surface area contributed by atoms with Crippen LogP contribution < -0.4 is 5.32 Å². The molecule has 4 rings (SSSR count). The highest BCUT2D eigenvalue weighted by molar-refractivity contribution is 6.11. The normalized spacial score (nSPS) is 19.0. The van der Waals surface area contributed by atoms with E-state index in [1.165, 1.54) is 40.1 Å². The Balaban J connectivity index is 1.89. The van der Waals surface area contributed by atoms with Crippen LogP contribution in [-0.2, 0) is 4.74 Å². The van der Waals surface area contributed by atoms with Gasteiger partial charge in [-0.1, -0.05) is 48.5 Å². The van der Waals surface area contributed by atoms with E-state index in [1.54, 1.807) is 0 Å². The molecule has 0 spiro atoms. The van der Waals surface area contributed by atoms with Crippen LogP contribution in [0.5, 0.6) is 0 Å². The molecular formula is C19H19NO. The summed E-state index contributed by atoms with van der Waals surface area (Å²) in [7, 11) is 0. The third-order valence-corrected chi connectivity index (χ3v) is 4.26. The Labute approximate surface area is 124 Å². The van der Waals surface area contributed by atoms with Gasteiger partial charge in [0.2, 0.25) is 0 Å². The van der Waals surface area contributed by atoms with Gasteiger partial charge in [0.05, 0.1) is 5.69 Å². The van der Waals surface area contributed by atoms with Crippen molar-refractivity contribution in [3.05, 3.63) is 54.6 Å². The van der Waals surface area contributed by atoms with Gasteiger partial charge >= 0.3 is 0 Å². The van der Waals surface area contributed by atoms with E-state index in [0.717, 1.165) is 13.0 Å². The van der Waals surface area contributed by atoms with Crippen molar-refractivity contribution in [3.8, 4) is 0 Å². The summed E-state index contributed by atoms with van der Waals surface area (Å²) < 4.78 is 5.87. The maximum Gasteiger partial charge on any atom is 0.127 e. The van der Waals surface area contributed by atoms with Crippen molar-refractivity contribution in [2.75, 3.05) is 11.9 Å². The summed E-state index contributed by atoms with van der Waals surface area (Å²) in [5.41, 5.74) is 1.20. The molecule has 21 heavy (non-hydrogen) atoms. The van der Waals surface area contributed by atoms with Gasteiger partial charge in [-0.2, -0.15) is 0 Å². The summed E-state index contributed by atoms with van der Waals surface area (Å²) in [4.78, 5) is 0. The van der Waals surface area contributed by atoms with Crippen molar-refractivity contribution >= 4 is 27.2 Å². The molecule has 2 heteroatoms. The van der Waals surface area contributed by atoms with Gasteiger partial charge in [0.15, 0.2) is 0 Å². The van der Waals surface area contributed by atoms with Gasteiger partial charge in [-0.3, -0.25) is 0 Å². The van der Waals surface area contributed by atoms with E-state index in [-0.39, 0.29) is 6.23 Å². The highest BCUT2D eigenvalue weighted by Gasteiger charge is 2.16. The summed E-state index contributed by atoms with van der Waals surface area (Å²) in [5, 5.41) is 8.73. The topological polar surface area (TPSA) is 21.3 Å². The van der Waals surface area contributed by atoms with Gasteiger partial charge in [-0.05, 0) is 36.1 Å². The number of fused-ring (bicyclic) bond motifs is 2. The quantitative estimate of drug-likeness (QED) is 0.670. The Morgan fingerprint density at radius 3 is 2.14 bits per heavy atom. The standard InChI is InChI=1S/C19H19NO/c1-3-9-16-14(7-1)13-15-8-2-4-10-17(15)19(16)20-18-11-5-6-12-21-18/h1-4,7-10,13,18,20H,5-6,11-12H2. The SMILES string of the molecule is c1ccc2c(NC3CCCCO3)c3ccccc3cc2c1. The first-order chi connectivity index (χ1) is 10.4. The molecule has 1 aliphatic rings. The molecule has 0 radical (unpaired) electrons. The molecule has 2 nitrogen and oxygen atoms in total. The Morgan fingerprint density at radius 1 is 0.857 bits per heavy atom. The van der Waals surface area contributed by atoms with E-state index in [1.807, 2.05) is 0 Å². The van der Waals surface area contributed by atoms with Crippen molar-refractivity contribution < 1.29 is 4.74 Å². The maximum absolute atomic E-state index is 5.87. The molecule has 1 heterocycles. The molecule has 1 saturated heterocycles. The Kier molecular flexibility index (Phi) is 3.24. The van der Waals surface area contributed by atoms with E-state index < -0.39 is 0 Å². The third-order valence-electron chi connectivity index (χ3n) is 4.26. The lowest BCUT2D eigenvalue weighted by Crippen LogP contribution is -2.27. The largest absolute Gasteiger partial charge is 0.359 e. The summed E-state index contributed by atoms with van der Waals surface area (Å²) in [6, 6.07) is 19.4. The highest BCUT2D eigenvalue weighted by atomic mass is 16.5. The van der Waals surface area contributed by atoms with Crippen LogP contribution in [0.2, 0.25) is 0 Å². The number of ether oxygens (including phenoxy) is 1. The molecule has 3 aromatic carbocycles. The lowest BCUT2D eigenvalue weighted by Gasteiger charge is -2.26. The molecule has 1 fully saturated rings.